The number of nitriles is 1. The lowest BCUT2D eigenvalue weighted by molar-refractivity contribution is -0.141. The Bertz CT molecular complexity index is 562. The molecule has 0 atom stereocenters. The van der Waals surface area contributed by atoms with Gasteiger partial charge in [0.05, 0.1) is 23.8 Å². The molecule has 20 heavy (non-hydrogen) atoms. The van der Waals surface area contributed by atoms with Crippen molar-refractivity contribution in [3.05, 3.63) is 28.8 Å². The van der Waals surface area contributed by atoms with Crippen molar-refractivity contribution in [2.24, 2.45) is 0 Å². The molecule has 108 valence electrons. The fraction of sp³-hybridized carbons (Fsp3) is 0.273. The van der Waals surface area contributed by atoms with E-state index in [-0.39, 0.29) is 6.07 Å². The third-order valence-corrected chi connectivity index (χ3v) is 2.17. The summed E-state index contributed by atoms with van der Waals surface area (Å²) in [5, 5.41) is 8.73. The van der Waals surface area contributed by atoms with Crippen LogP contribution in [0.5, 0.6) is 5.75 Å². The molecule has 0 aliphatic carbocycles. The van der Waals surface area contributed by atoms with Crippen LogP contribution in [0, 0.1) is 11.3 Å². The van der Waals surface area contributed by atoms with Crippen molar-refractivity contribution in [2.75, 3.05) is 7.11 Å². The van der Waals surface area contributed by atoms with Gasteiger partial charge in [0, 0.05) is 0 Å². The van der Waals surface area contributed by atoms with E-state index in [0.29, 0.717) is 6.07 Å². The van der Waals surface area contributed by atoms with Crippen LogP contribution in [-0.2, 0) is 10.9 Å². The number of carbonyl (C=O) groups excluding carboxylic acids is 1. The van der Waals surface area contributed by atoms with Crippen molar-refractivity contribution >= 4 is 5.97 Å². The molecule has 0 aliphatic heterocycles. The minimum Gasteiger partial charge on any atom is -0.465 e. The minimum atomic E-state index is -5.04. The fourth-order valence-electron chi connectivity index (χ4n) is 1.37. The highest BCUT2D eigenvalue weighted by atomic mass is 19.4. The predicted molar refractivity (Wildman–Crippen MR) is 54.1 cm³/mol. The summed E-state index contributed by atoms with van der Waals surface area (Å²) in [6, 6.07) is 2.07. The number of rotatable bonds is 3. The van der Waals surface area contributed by atoms with Gasteiger partial charge in [0.15, 0.2) is 0 Å². The first-order valence-corrected chi connectivity index (χ1v) is 4.89. The zero-order valence-electron chi connectivity index (χ0n) is 9.79. The first-order valence-electron chi connectivity index (χ1n) is 4.89. The van der Waals surface area contributed by atoms with Crippen molar-refractivity contribution in [2.45, 2.75) is 12.8 Å². The minimum absolute atomic E-state index is 0.238. The van der Waals surface area contributed by atoms with Gasteiger partial charge in [0.25, 0.3) is 0 Å². The van der Waals surface area contributed by atoms with E-state index in [9.17, 15) is 26.7 Å². The largest absolute Gasteiger partial charge is 0.465 e. The summed E-state index contributed by atoms with van der Waals surface area (Å²) < 4.78 is 70.3. The summed E-state index contributed by atoms with van der Waals surface area (Å²) >= 11 is 0. The maximum absolute atomic E-state index is 12.7. The number of esters is 1. The SMILES string of the molecule is COC(=O)c1cc(C(F)(F)F)c(OC(F)F)cc1C#N. The molecule has 0 saturated heterocycles. The van der Waals surface area contributed by atoms with E-state index in [2.05, 4.69) is 9.47 Å². The lowest BCUT2D eigenvalue weighted by atomic mass is 10.0. The Morgan fingerprint density at radius 3 is 2.35 bits per heavy atom. The van der Waals surface area contributed by atoms with Gasteiger partial charge >= 0.3 is 18.8 Å². The fourth-order valence-corrected chi connectivity index (χ4v) is 1.37. The monoisotopic (exact) mass is 295 g/mol. The van der Waals surface area contributed by atoms with E-state index in [1.54, 1.807) is 0 Å². The molecule has 4 nitrogen and oxygen atoms in total. The normalized spacial score (nSPS) is 11.1. The van der Waals surface area contributed by atoms with Crippen LogP contribution in [0.2, 0.25) is 0 Å². The molecule has 0 heterocycles. The molecule has 0 radical (unpaired) electrons. The summed E-state index contributed by atoms with van der Waals surface area (Å²) in [6.45, 7) is -3.51. The van der Waals surface area contributed by atoms with Crippen LogP contribution in [0.15, 0.2) is 12.1 Å². The number of alkyl halides is 5. The molecule has 0 N–H and O–H groups in total. The molecule has 0 amide bonds. The quantitative estimate of drug-likeness (QED) is 0.635. The number of methoxy groups -OCH3 is 1. The van der Waals surface area contributed by atoms with E-state index in [4.69, 9.17) is 5.26 Å². The second kappa shape index (κ2) is 5.73. The van der Waals surface area contributed by atoms with Gasteiger partial charge in [-0.1, -0.05) is 0 Å². The van der Waals surface area contributed by atoms with Gasteiger partial charge in [-0.05, 0) is 12.1 Å². The molecule has 1 rings (SSSR count). The van der Waals surface area contributed by atoms with Gasteiger partial charge in [-0.15, -0.1) is 0 Å². The second-order valence-corrected chi connectivity index (χ2v) is 3.37. The number of hydrogen-bond donors (Lipinski definition) is 0. The van der Waals surface area contributed by atoms with Crippen LogP contribution in [0.4, 0.5) is 22.0 Å². The van der Waals surface area contributed by atoms with Crippen molar-refractivity contribution in [1.82, 2.24) is 0 Å². The Labute approximate surface area is 109 Å². The Balaban J connectivity index is 3.54. The Morgan fingerprint density at radius 2 is 1.95 bits per heavy atom. The first-order chi connectivity index (χ1) is 9.20. The lowest BCUT2D eigenvalue weighted by Gasteiger charge is -2.15. The lowest BCUT2D eigenvalue weighted by Crippen LogP contribution is -2.14. The zero-order chi connectivity index (χ0) is 15.5. The average Bonchev–Trinajstić information content (AvgIpc) is 2.35. The van der Waals surface area contributed by atoms with Crippen LogP contribution < -0.4 is 4.74 Å². The van der Waals surface area contributed by atoms with E-state index in [1.165, 1.54) is 6.07 Å². The molecule has 0 bridgehead atoms. The van der Waals surface area contributed by atoms with E-state index in [0.717, 1.165) is 7.11 Å². The summed E-state index contributed by atoms with van der Waals surface area (Å²) in [4.78, 5) is 11.3. The van der Waals surface area contributed by atoms with Gasteiger partial charge < -0.3 is 9.47 Å². The Morgan fingerprint density at radius 1 is 1.35 bits per heavy atom. The highest BCUT2D eigenvalue weighted by Crippen LogP contribution is 2.38. The third-order valence-electron chi connectivity index (χ3n) is 2.17. The molecule has 1 aromatic rings. The van der Waals surface area contributed by atoms with Crippen molar-refractivity contribution in [3.63, 3.8) is 0 Å². The van der Waals surface area contributed by atoms with E-state index < -0.39 is 41.2 Å². The van der Waals surface area contributed by atoms with Crippen LogP contribution in [0.25, 0.3) is 0 Å². The van der Waals surface area contributed by atoms with E-state index >= 15 is 0 Å². The molecule has 0 aromatic heterocycles. The van der Waals surface area contributed by atoms with Crippen molar-refractivity contribution < 1.29 is 36.2 Å². The molecular formula is C11H6F5NO3. The second-order valence-electron chi connectivity index (χ2n) is 3.37. The number of benzene rings is 1. The molecule has 1 aromatic carbocycles. The highest BCUT2D eigenvalue weighted by molar-refractivity contribution is 5.92. The Kier molecular flexibility index (Phi) is 4.49. The number of ether oxygens (including phenoxy) is 2. The Hall–Kier alpha value is -2.37. The van der Waals surface area contributed by atoms with Crippen LogP contribution in [0.3, 0.4) is 0 Å². The van der Waals surface area contributed by atoms with Gasteiger partial charge in [0.1, 0.15) is 11.8 Å². The summed E-state index contributed by atoms with van der Waals surface area (Å²) in [5.41, 5.74) is -2.86. The molecule has 0 aliphatic rings. The molecule has 0 spiro atoms. The highest BCUT2D eigenvalue weighted by Gasteiger charge is 2.37. The zero-order valence-corrected chi connectivity index (χ0v) is 9.79. The molecule has 0 saturated carbocycles. The standard InChI is InChI=1S/C11H6F5NO3/c1-19-9(18)6-3-7(11(14,15)16)8(20-10(12)13)2-5(6)4-17/h2-3,10H,1H3. The summed E-state index contributed by atoms with van der Waals surface area (Å²) in [5.74, 6) is -2.44. The maximum atomic E-state index is 12.7. The van der Waals surface area contributed by atoms with Gasteiger partial charge in [0.2, 0.25) is 0 Å². The third kappa shape index (κ3) is 3.34. The summed E-state index contributed by atoms with van der Waals surface area (Å²) in [6.07, 6.45) is -5.04. The smallest absolute Gasteiger partial charge is 0.419 e. The molecule has 9 heteroatoms. The van der Waals surface area contributed by atoms with Gasteiger partial charge in [-0.3, -0.25) is 0 Å². The average molecular weight is 295 g/mol. The van der Waals surface area contributed by atoms with E-state index in [1.807, 2.05) is 0 Å². The number of nitrogens with zero attached hydrogens (tertiary/aromatic N) is 1. The number of carbonyl (C=O) groups is 1. The van der Waals surface area contributed by atoms with Gasteiger partial charge in [-0.25, -0.2) is 4.79 Å². The number of hydrogen-bond acceptors (Lipinski definition) is 4. The maximum Gasteiger partial charge on any atom is 0.419 e. The van der Waals surface area contributed by atoms with Crippen molar-refractivity contribution in [3.8, 4) is 11.8 Å². The van der Waals surface area contributed by atoms with Crippen LogP contribution in [-0.4, -0.2) is 19.7 Å². The molecular weight excluding hydrogens is 289 g/mol. The molecule has 0 fully saturated rings. The van der Waals surface area contributed by atoms with Crippen molar-refractivity contribution in [1.29, 1.82) is 5.26 Å². The van der Waals surface area contributed by atoms with Crippen LogP contribution in [0.1, 0.15) is 21.5 Å². The topological polar surface area (TPSA) is 59.3 Å². The first kappa shape index (κ1) is 15.7. The van der Waals surface area contributed by atoms with Crippen LogP contribution >= 0.6 is 0 Å². The molecule has 0 unspecified atom stereocenters. The summed E-state index contributed by atoms with van der Waals surface area (Å²) in [7, 11) is 0.903. The predicted octanol–water partition coefficient (Wildman–Crippen LogP) is 2.97. The number of halogens is 5. The van der Waals surface area contributed by atoms with Gasteiger partial charge in [-0.2, -0.15) is 27.2 Å².